The molecule has 0 aromatic carbocycles. The van der Waals surface area contributed by atoms with Gasteiger partial charge in [0, 0.05) is 6.54 Å². The summed E-state index contributed by atoms with van der Waals surface area (Å²) in [6, 6.07) is -1.19. The zero-order valence-corrected chi connectivity index (χ0v) is 9.06. The van der Waals surface area contributed by atoms with Crippen molar-refractivity contribution in [2.24, 2.45) is 0 Å². The number of halogens is 2. The monoisotopic (exact) mass is 222 g/mol. The first-order valence-electron chi connectivity index (χ1n) is 4.79. The largest absolute Gasteiger partial charge is 0.444 e. The summed E-state index contributed by atoms with van der Waals surface area (Å²) in [4.78, 5) is 11.2. The number of alkyl carbamates (subject to hydrolysis) is 1. The number of nitrogens with one attached hydrogen (secondary N) is 2. The molecule has 0 aromatic rings. The maximum absolute atomic E-state index is 13.1. The van der Waals surface area contributed by atoms with Crippen LogP contribution in [-0.2, 0) is 4.74 Å². The van der Waals surface area contributed by atoms with E-state index >= 15 is 0 Å². The second-order valence-corrected chi connectivity index (χ2v) is 4.59. The summed E-state index contributed by atoms with van der Waals surface area (Å²) in [6.45, 7) is 4.69. The molecule has 15 heavy (non-hydrogen) atoms. The van der Waals surface area contributed by atoms with E-state index in [1.165, 1.54) is 0 Å². The van der Waals surface area contributed by atoms with Crippen LogP contribution in [-0.4, -0.2) is 36.7 Å². The van der Waals surface area contributed by atoms with Crippen molar-refractivity contribution in [3.63, 3.8) is 0 Å². The molecule has 6 heteroatoms. The molecule has 2 N–H and O–H groups in total. The molecule has 0 bridgehead atoms. The van der Waals surface area contributed by atoms with E-state index in [2.05, 4.69) is 10.6 Å². The lowest BCUT2D eigenvalue weighted by atomic mass is 10.2. The number of carbonyl (C=O) groups excluding carboxylic acids is 1. The normalized spacial score (nSPS) is 25.0. The first-order chi connectivity index (χ1) is 6.71. The predicted molar refractivity (Wildman–Crippen MR) is 51.0 cm³/mol. The van der Waals surface area contributed by atoms with Crippen LogP contribution in [0, 0.1) is 0 Å². The van der Waals surface area contributed by atoms with Gasteiger partial charge in [-0.05, 0) is 20.8 Å². The van der Waals surface area contributed by atoms with Gasteiger partial charge in [-0.3, -0.25) is 0 Å². The van der Waals surface area contributed by atoms with E-state index in [1.807, 2.05) is 0 Å². The van der Waals surface area contributed by atoms with Crippen molar-refractivity contribution in [1.29, 1.82) is 0 Å². The number of carbonyl (C=O) groups is 1. The van der Waals surface area contributed by atoms with Crippen molar-refractivity contribution in [3.8, 4) is 0 Å². The zero-order chi connectivity index (χ0) is 11.7. The third-order valence-electron chi connectivity index (χ3n) is 1.91. The average molecular weight is 222 g/mol. The third kappa shape index (κ3) is 3.62. The first-order valence-corrected chi connectivity index (χ1v) is 4.79. The minimum absolute atomic E-state index is 0.0617. The molecule has 0 saturated carbocycles. The highest BCUT2D eigenvalue weighted by Crippen LogP contribution is 2.22. The van der Waals surface area contributed by atoms with Crippen LogP contribution in [0.4, 0.5) is 13.6 Å². The van der Waals surface area contributed by atoms with E-state index in [0.29, 0.717) is 0 Å². The number of hydrogen-bond acceptors (Lipinski definition) is 3. The van der Waals surface area contributed by atoms with Crippen molar-refractivity contribution < 1.29 is 18.3 Å². The summed E-state index contributed by atoms with van der Waals surface area (Å²) in [6.07, 6.45) is -0.809. The molecule has 1 fully saturated rings. The van der Waals surface area contributed by atoms with Crippen LogP contribution in [0.25, 0.3) is 0 Å². The van der Waals surface area contributed by atoms with Crippen LogP contribution in [0.2, 0.25) is 0 Å². The number of alkyl halides is 2. The fourth-order valence-corrected chi connectivity index (χ4v) is 1.26. The molecule has 4 nitrogen and oxygen atoms in total. The molecule has 0 aromatic heterocycles. The molecule has 1 saturated heterocycles. The lowest BCUT2D eigenvalue weighted by molar-refractivity contribution is -0.0106. The van der Waals surface area contributed by atoms with E-state index in [1.54, 1.807) is 20.8 Å². The number of rotatable bonds is 1. The van der Waals surface area contributed by atoms with Crippen LogP contribution in [0.15, 0.2) is 0 Å². The van der Waals surface area contributed by atoms with Gasteiger partial charge in [0.25, 0.3) is 5.92 Å². The van der Waals surface area contributed by atoms with Crippen molar-refractivity contribution >= 4 is 6.09 Å². The van der Waals surface area contributed by atoms with E-state index in [0.717, 1.165) is 0 Å². The van der Waals surface area contributed by atoms with Crippen molar-refractivity contribution in [2.45, 2.75) is 38.3 Å². The first kappa shape index (κ1) is 12.2. The number of ether oxygens (including phenoxy) is 1. The molecule has 1 atom stereocenters. The Morgan fingerprint density at radius 3 is 2.53 bits per heavy atom. The fraction of sp³-hybridized carbons (Fsp3) is 0.889. The minimum Gasteiger partial charge on any atom is -0.444 e. The van der Waals surface area contributed by atoms with E-state index in [-0.39, 0.29) is 6.54 Å². The van der Waals surface area contributed by atoms with Crippen LogP contribution >= 0.6 is 0 Å². The van der Waals surface area contributed by atoms with Gasteiger partial charge in [0.2, 0.25) is 0 Å². The van der Waals surface area contributed by atoms with Gasteiger partial charge in [0.15, 0.2) is 0 Å². The fourth-order valence-electron chi connectivity index (χ4n) is 1.26. The summed E-state index contributed by atoms with van der Waals surface area (Å²) in [5.74, 6) is -2.91. The highest BCUT2D eigenvalue weighted by Gasteiger charge is 2.45. The quantitative estimate of drug-likeness (QED) is 0.699. The van der Waals surface area contributed by atoms with Gasteiger partial charge >= 0.3 is 6.09 Å². The predicted octanol–water partition coefficient (Wildman–Crippen LogP) is 1.12. The topological polar surface area (TPSA) is 50.4 Å². The molecule has 1 aliphatic heterocycles. The summed E-state index contributed by atoms with van der Waals surface area (Å²) < 4.78 is 31.0. The maximum atomic E-state index is 13.1. The maximum Gasteiger partial charge on any atom is 0.408 e. The Kier molecular flexibility index (Phi) is 3.18. The SMILES string of the molecule is CC(C)(C)OC(=O)N[C@H]1CNCC1(F)F. The zero-order valence-electron chi connectivity index (χ0n) is 9.06. The van der Waals surface area contributed by atoms with Gasteiger partial charge in [0.1, 0.15) is 11.6 Å². The van der Waals surface area contributed by atoms with Crippen LogP contribution < -0.4 is 10.6 Å². The third-order valence-corrected chi connectivity index (χ3v) is 1.91. The van der Waals surface area contributed by atoms with Crippen LogP contribution in [0.1, 0.15) is 20.8 Å². The molecule has 0 radical (unpaired) electrons. The van der Waals surface area contributed by atoms with Crippen LogP contribution in [0.5, 0.6) is 0 Å². The second kappa shape index (κ2) is 3.92. The summed E-state index contributed by atoms with van der Waals surface area (Å²) in [5, 5.41) is 4.66. The molecular formula is C9H16F2N2O2. The lowest BCUT2D eigenvalue weighted by Gasteiger charge is -2.23. The van der Waals surface area contributed by atoms with Crippen molar-refractivity contribution in [2.75, 3.05) is 13.1 Å². The molecule has 1 heterocycles. The summed E-state index contributed by atoms with van der Waals surface area (Å²) in [7, 11) is 0. The number of hydrogen-bond donors (Lipinski definition) is 2. The van der Waals surface area contributed by atoms with Gasteiger partial charge in [-0.15, -0.1) is 0 Å². The van der Waals surface area contributed by atoms with E-state index in [9.17, 15) is 13.6 Å². The Morgan fingerprint density at radius 2 is 2.13 bits per heavy atom. The molecular weight excluding hydrogens is 206 g/mol. The summed E-state index contributed by atoms with van der Waals surface area (Å²) in [5.41, 5.74) is -0.675. The summed E-state index contributed by atoms with van der Waals surface area (Å²) >= 11 is 0. The van der Waals surface area contributed by atoms with Crippen molar-refractivity contribution in [1.82, 2.24) is 10.6 Å². The molecule has 0 spiro atoms. The molecule has 88 valence electrons. The Balaban J connectivity index is 2.45. The Bertz CT molecular complexity index is 251. The Labute approximate surface area is 87.4 Å². The van der Waals surface area contributed by atoms with Gasteiger partial charge < -0.3 is 15.4 Å². The van der Waals surface area contributed by atoms with E-state index in [4.69, 9.17) is 4.74 Å². The lowest BCUT2D eigenvalue weighted by Crippen LogP contribution is -2.48. The van der Waals surface area contributed by atoms with Gasteiger partial charge in [-0.25, -0.2) is 13.6 Å². The average Bonchev–Trinajstić information content (AvgIpc) is 2.26. The van der Waals surface area contributed by atoms with Crippen molar-refractivity contribution in [3.05, 3.63) is 0 Å². The Morgan fingerprint density at radius 1 is 1.53 bits per heavy atom. The van der Waals surface area contributed by atoms with Gasteiger partial charge in [-0.2, -0.15) is 0 Å². The highest BCUT2D eigenvalue weighted by atomic mass is 19.3. The Hall–Kier alpha value is -0.910. The van der Waals surface area contributed by atoms with Gasteiger partial charge in [-0.1, -0.05) is 0 Å². The minimum atomic E-state index is -2.91. The van der Waals surface area contributed by atoms with E-state index < -0.39 is 30.2 Å². The number of amides is 1. The molecule has 0 unspecified atom stereocenters. The van der Waals surface area contributed by atoms with Gasteiger partial charge in [0.05, 0.1) is 6.54 Å². The molecule has 1 amide bonds. The highest BCUT2D eigenvalue weighted by molar-refractivity contribution is 5.68. The second-order valence-electron chi connectivity index (χ2n) is 4.59. The molecule has 1 aliphatic rings. The van der Waals surface area contributed by atoms with Crippen LogP contribution in [0.3, 0.4) is 0 Å². The standard InChI is InChI=1S/C9H16F2N2O2/c1-8(2,3)15-7(14)13-6-4-12-5-9(6,10)11/h6,12H,4-5H2,1-3H3,(H,13,14)/t6-/m0/s1. The smallest absolute Gasteiger partial charge is 0.408 e. The molecule has 0 aliphatic carbocycles. The molecule has 1 rings (SSSR count).